The van der Waals surface area contributed by atoms with Crippen molar-refractivity contribution in [3.05, 3.63) is 30.2 Å². The Kier molecular flexibility index (Phi) is 5.07. The second kappa shape index (κ2) is 6.53. The lowest BCUT2D eigenvalue weighted by Crippen LogP contribution is -1.73. The van der Waals surface area contributed by atoms with Gasteiger partial charge in [0.05, 0.1) is 6.26 Å². The van der Waals surface area contributed by atoms with Crippen LogP contribution in [-0.2, 0) is 0 Å². The van der Waals surface area contributed by atoms with Crippen LogP contribution in [0.15, 0.2) is 28.9 Å². The summed E-state index contributed by atoms with van der Waals surface area (Å²) in [6, 6.07) is 3.89. The van der Waals surface area contributed by atoms with Crippen LogP contribution >= 0.6 is 0 Å². The smallest absolute Gasteiger partial charge is 0.126 e. The summed E-state index contributed by atoms with van der Waals surface area (Å²) >= 11 is 0. The first kappa shape index (κ1) is 10.1. The second-order valence-electron chi connectivity index (χ2n) is 3.27. The fourth-order valence-corrected chi connectivity index (χ4v) is 1.27. The van der Waals surface area contributed by atoms with E-state index in [0.717, 1.165) is 5.76 Å². The molecular formula is C12H18O. The highest BCUT2D eigenvalue weighted by Crippen LogP contribution is 2.06. The van der Waals surface area contributed by atoms with Gasteiger partial charge in [0.25, 0.3) is 0 Å². The monoisotopic (exact) mass is 178 g/mol. The predicted molar refractivity (Wildman–Crippen MR) is 56.5 cm³/mol. The van der Waals surface area contributed by atoms with Gasteiger partial charge in [0.1, 0.15) is 5.76 Å². The quantitative estimate of drug-likeness (QED) is 0.593. The number of hydrogen-bond acceptors (Lipinski definition) is 1. The van der Waals surface area contributed by atoms with Crippen molar-refractivity contribution < 1.29 is 4.42 Å². The van der Waals surface area contributed by atoms with Gasteiger partial charge in [-0.3, -0.25) is 0 Å². The summed E-state index contributed by atoms with van der Waals surface area (Å²) in [6.07, 6.45) is 12.4. The summed E-state index contributed by atoms with van der Waals surface area (Å²) in [5.74, 6) is 0.954. The lowest BCUT2D eigenvalue weighted by Gasteiger charge is -1.93. The van der Waals surface area contributed by atoms with Crippen molar-refractivity contribution >= 4 is 6.08 Å². The van der Waals surface area contributed by atoms with Crippen LogP contribution in [0, 0.1) is 0 Å². The molecule has 13 heavy (non-hydrogen) atoms. The average molecular weight is 178 g/mol. The minimum atomic E-state index is 0.954. The second-order valence-corrected chi connectivity index (χ2v) is 3.27. The Hall–Kier alpha value is -0.980. The molecule has 0 saturated heterocycles. The van der Waals surface area contributed by atoms with E-state index in [9.17, 15) is 0 Å². The molecule has 0 spiro atoms. The standard InChI is InChI=1S/C12H18O/c1-2-3-4-5-6-7-9-12-10-8-11-13-12/h7-11H,2-6H2,1H3/b9-7+. The largest absolute Gasteiger partial charge is 0.465 e. The SMILES string of the molecule is CCCCCC/C=C/c1ccco1. The summed E-state index contributed by atoms with van der Waals surface area (Å²) in [5.41, 5.74) is 0. The molecule has 0 fully saturated rings. The highest BCUT2D eigenvalue weighted by molar-refractivity contribution is 5.41. The van der Waals surface area contributed by atoms with Gasteiger partial charge in [-0.1, -0.05) is 32.3 Å². The Labute approximate surface area is 80.5 Å². The van der Waals surface area contributed by atoms with Gasteiger partial charge in [-0.25, -0.2) is 0 Å². The molecule has 1 rings (SSSR count). The molecule has 0 aliphatic heterocycles. The van der Waals surface area contributed by atoms with Crippen molar-refractivity contribution in [3.63, 3.8) is 0 Å². The van der Waals surface area contributed by atoms with E-state index < -0.39 is 0 Å². The Morgan fingerprint density at radius 1 is 1.31 bits per heavy atom. The van der Waals surface area contributed by atoms with Crippen LogP contribution in [0.2, 0.25) is 0 Å². The van der Waals surface area contributed by atoms with E-state index >= 15 is 0 Å². The topological polar surface area (TPSA) is 13.1 Å². The van der Waals surface area contributed by atoms with E-state index in [1.165, 1.54) is 32.1 Å². The van der Waals surface area contributed by atoms with E-state index in [0.29, 0.717) is 0 Å². The van der Waals surface area contributed by atoms with E-state index in [-0.39, 0.29) is 0 Å². The Morgan fingerprint density at radius 2 is 2.23 bits per heavy atom. The number of allylic oxidation sites excluding steroid dienone is 1. The van der Waals surface area contributed by atoms with Crippen molar-refractivity contribution in [1.29, 1.82) is 0 Å². The average Bonchev–Trinajstić information content (AvgIpc) is 2.63. The molecule has 0 radical (unpaired) electrons. The number of furan rings is 1. The van der Waals surface area contributed by atoms with Gasteiger partial charge in [-0.05, 0) is 31.1 Å². The molecule has 1 nitrogen and oxygen atoms in total. The first-order valence-electron chi connectivity index (χ1n) is 5.13. The summed E-state index contributed by atoms with van der Waals surface area (Å²) in [6.45, 7) is 2.23. The summed E-state index contributed by atoms with van der Waals surface area (Å²) < 4.78 is 5.17. The predicted octanol–water partition coefficient (Wildman–Crippen LogP) is 4.26. The fourth-order valence-electron chi connectivity index (χ4n) is 1.27. The Morgan fingerprint density at radius 3 is 2.92 bits per heavy atom. The number of rotatable bonds is 6. The zero-order valence-corrected chi connectivity index (χ0v) is 8.33. The maximum Gasteiger partial charge on any atom is 0.126 e. The molecular weight excluding hydrogens is 160 g/mol. The van der Waals surface area contributed by atoms with E-state index in [1.54, 1.807) is 6.26 Å². The van der Waals surface area contributed by atoms with Crippen LogP contribution in [0.3, 0.4) is 0 Å². The van der Waals surface area contributed by atoms with Crippen LogP contribution in [0.5, 0.6) is 0 Å². The van der Waals surface area contributed by atoms with Gasteiger partial charge < -0.3 is 4.42 Å². The molecule has 0 bridgehead atoms. The molecule has 0 amide bonds. The number of unbranched alkanes of at least 4 members (excludes halogenated alkanes) is 4. The third-order valence-electron chi connectivity index (χ3n) is 2.05. The minimum absolute atomic E-state index is 0.954. The van der Waals surface area contributed by atoms with Gasteiger partial charge in [-0.2, -0.15) is 0 Å². The first-order chi connectivity index (χ1) is 6.43. The Balaban J connectivity index is 2.05. The van der Waals surface area contributed by atoms with Gasteiger partial charge in [0.15, 0.2) is 0 Å². The highest BCUT2D eigenvalue weighted by atomic mass is 16.3. The van der Waals surface area contributed by atoms with Crippen LogP contribution in [-0.4, -0.2) is 0 Å². The van der Waals surface area contributed by atoms with Crippen molar-refractivity contribution in [1.82, 2.24) is 0 Å². The zero-order valence-electron chi connectivity index (χ0n) is 8.33. The van der Waals surface area contributed by atoms with Crippen LogP contribution in [0.4, 0.5) is 0 Å². The summed E-state index contributed by atoms with van der Waals surface area (Å²) in [4.78, 5) is 0. The minimum Gasteiger partial charge on any atom is -0.465 e. The van der Waals surface area contributed by atoms with Crippen LogP contribution < -0.4 is 0 Å². The van der Waals surface area contributed by atoms with Crippen molar-refractivity contribution in [2.75, 3.05) is 0 Å². The molecule has 1 aromatic heterocycles. The van der Waals surface area contributed by atoms with Crippen molar-refractivity contribution in [3.8, 4) is 0 Å². The molecule has 1 heterocycles. The first-order valence-corrected chi connectivity index (χ1v) is 5.13. The van der Waals surface area contributed by atoms with Crippen molar-refractivity contribution in [2.45, 2.75) is 39.0 Å². The Bertz CT molecular complexity index is 221. The molecule has 0 aliphatic carbocycles. The van der Waals surface area contributed by atoms with Gasteiger partial charge >= 0.3 is 0 Å². The van der Waals surface area contributed by atoms with Crippen LogP contribution in [0.25, 0.3) is 6.08 Å². The maximum absolute atomic E-state index is 5.17. The summed E-state index contributed by atoms with van der Waals surface area (Å²) in [7, 11) is 0. The molecule has 0 aliphatic rings. The van der Waals surface area contributed by atoms with Gasteiger partial charge in [0, 0.05) is 0 Å². The highest BCUT2D eigenvalue weighted by Gasteiger charge is 1.87. The molecule has 0 aromatic carbocycles. The van der Waals surface area contributed by atoms with E-state index in [4.69, 9.17) is 4.42 Å². The molecule has 1 aromatic rings. The van der Waals surface area contributed by atoms with Gasteiger partial charge in [-0.15, -0.1) is 0 Å². The van der Waals surface area contributed by atoms with Crippen LogP contribution in [0.1, 0.15) is 44.8 Å². The molecule has 72 valence electrons. The molecule has 0 N–H and O–H groups in total. The lowest BCUT2D eigenvalue weighted by molar-refractivity contribution is 0.556. The molecule has 1 heteroatoms. The number of hydrogen-bond donors (Lipinski definition) is 0. The van der Waals surface area contributed by atoms with E-state index in [2.05, 4.69) is 13.0 Å². The zero-order chi connectivity index (χ0) is 9.36. The molecule has 0 unspecified atom stereocenters. The summed E-state index contributed by atoms with van der Waals surface area (Å²) in [5, 5.41) is 0. The van der Waals surface area contributed by atoms with Gasteiger partial charge in [0.2, 0.25) is 0 Å². The normalized spacial score (nSPS) is 11.2. The maximum atomic E-state index is 5.17. The van der Waals surface area contributed by atoms with E-state index in [1.807, 2.05) is 18.2 Å². The lowest BCUT2D eigenvalue weighted by atomic mass is 10.1. The molecule has 0 saturated carbocycles. The third kappa shape index (κ3) is 4.56. The third-order valence-corrected chi connectivity index (χ3v) is 2.05. The fraction of sp³-hybridized carbons (Fsp3) is 0.500. The van der Waals surface area contributed by atoms with Crippen molar-refractivity contribution in [2.24, 2.45) is 0 Å². The molecule has 0 atom stereocenters.